The Hall–Kier alpha value is -0.570. The van der Waals surface area contributed by atoms with Gasteiger partial charge in [0.25, 0.3) is 0 Å². The van der Waals surface area contributed by atoms with Crippen molar-refractivity contribution in [1.29, 1.82) is 0 Å². The molecule has 1 saturated carbocycles. The van der Waals surface area contributed by atoms with Crippen LogP contribution in [0.2, 0.25) is 5.02 Å². The lowest BCUT2D eigenvalue weighted by molar-refractivity contribution is -0.00242. The Balaban J connectivity index is 1.96. The summed E-state index contributed by atoms with van der Waals surface area (Å²) in [6, 6.07) is 8.36. The van der Waals surface area contributed by atoms with Crippen molar-refractivity contribution in [1.82, 2.24) is 5.32 Å². The summed E-state index contributed by atoms with van der Waals surface area (Å²) < 4.78 is 0. The van der Waals surface area contributed by atoms with Crippen LogP contribution in [0.3, 0.4) is 0 Å². The van der Waals surface area contributed by atoms with Crippen molar-refractivity contribution < 1.29 is 5.11 Å². The van der Waals surface area contributed by atoms with Gasteiger partial charge in [0, 0.05) is 17.5 Å². The van der Waals surface area contributed by atoms with Crippen molar-refractivity contribution in [3.05, 3.63) is 34.9 Å². The van der Waals surface area contributed by atoms with Crippen molar-refractivity contribution in [2.45, 2.75) is 43.7 Å². The Morgan fingerprint density at radius 1 is 1.29 bits per heavy atom. The predicted octanol–water partition coefficient (Wildman–Crippen LogP) is 2.78. The van der Waals surface area contributed by atoms with Gasteiger partial charge in [0.1, 0.15) is 0 Å². The highest BCUT2D eigenvalue weighted by Gasteiger charge is 2.32. The first-order valence-corrected chi connectivity index (χ1v) is 6.63. The van der Waals surface area contributed by atoms with Crippen LogP contribution in [0.15, 0.2) is 24.3 Å². The number of benzene rings is 1. The highest BCUT2D eigenvalue weighted by atomic mass is 35.5. The lowest BCUT2D eigenvalue weighted by Gasteiger charge is -2.36. The summed E-state index contributed by atoms with van der Waals surface area (Å²) in [7, 11) is 1.99. The van der Waals surface area contributed by atoms with Crippen molar-refractivity contribution in [3.8, 4) is 0 Å². The second kappa shape index (κ2) is 5.38. The average molecular weight is 254 g/mol. The van der Waals surface area contributed by atoms with Gasteiger partial charge < -0.3 is 10.4 Å². The van der Waals surface area contributed by atoms with E-state index in [2.05, 4.69) is 5.32 Å². The fraction of sp³-hybridized carbons (Fsp3) is 0.571. The van der Waals surface area contributed by atoms with Gasteiger partial charge in [-0.25, -0.2) is 0 Å². The third-order valence-corrected chi connectivity index (χ3v) is 4.02. The molecule has 17 heavy (non-hydrogen) atoms. The molecule has 0 heterocycles. The summed E-state index contributed by atoms with van der Waals surface area (Å²) in [5.74, 6) is 0. The summed E-state index contributed by atoms with van der Waals surface area (Å²) >= 11 is 5.86. The van der Waals surface area contributed by atoms with Crippen molar-refractivity contribution in [3.63, 3.8) is 0 Å². The molecule has 94 valence electrons. The molecule has 0 atom stereocenters. The van der Waals surface area contributed by atoms with Gasteiger partial charge in [0.05, 0.1) is 5.60 Å². The second-order valence-corrected chi connectivity index (χ2v) is 5.53. The van der Waals surface area contributed by atoms with E-state index in [9.17, 15) is 5.11 Å². The smallest absolute Gasteiger partial charge is 0.0689 e. The minimum Gasteiger partial charge on any atom is -0.390 e. The van der Waals surface area contributed by atoms with Gasteiger partial charge >= 0.3 is 0 Å². The molecule has 0 bridgehead atoms. The molecule has 0 saturated heterocycles. The zero-order valence-corrected chi connectivity index (χ0v) is 11.0. The first kappa shape index (κ1) is 12.9. The van der Waals surface area contributed by atoms with Gasteiger partial charge in [0.2, 0.25) is 0 Å². The van der Waals surface area contributed by atoms with E-state index >= 15 is 0 Å². The molecule has 0 radical (unpaired) electrons. The Labute approximate surface area is 108 Å². The number of halogens is 1. The van der Waals surface area contributed by atoms with Crippen LogP contribution in [-0.2, 0) is 6.42 Å². The van der Waals surface area contributed by atoms with Crippen LogP contribution in [0, 0.1) is 0 Å². The van der Waals surface area contributed by atoms with Crippen LogP contribution in [0.4, 0.5) is 0 Å². The highest BCUT2D eigenvalue weighted by Crippen LogP contribution is 2.31. The molecule has 2 rings (SSSR count). The SMILES string of the molecule is CNC1CCC(O)(Cc2ccc(Cl)cc2)CC1. The standard InChI is InChI=1S/C14H20ClNO/c1-16-13-6-8-14(17,9-7-13)10-11-2-4-12(15)5-3-11/h2-5,13,16-17H,6-10H2,1H3. The lowest BCUT2D eigenvalue weighted by Crippen LogP contribution is -2.41. The molecule has 1 aliphatic carbocycles. The van der Waals surface area contributed by atoms with E-state index in [-0.39, 0.29) is 0 Å². The van der Waals surface area contributed by atoms with Crippen molar-refractivity contribution >= 4 is 11.6 Å². The molecule has 2 nitrogen and oxygen atoms in total. The summed E-state index contributed by atoms with van der Waals surface area (Å²) in [4.78, 5) is 0. The summed E-state index contributed by atoms with van der Waals surface area (Å²) in [5, 5.41) is 14.6. The quantitative estimate of drug-likeness (QED) is 0.868. The normalized spacial score (nSPS) is 29.2. The molecular formula is C14H20ClNO. The molecule has 1 aromatic rings. The van der Waals surface area contributed by atoms with E-state index < -0.39 is 5.60 Å². The lowest BCUT2D eigenvalue weighted by atomic mass is 9.78. The molecular weight excluding hydrogens is 234 g/mol. The monoisotopic (exact) mass is 253 g/mol. The molecule has 0 amide bonds. The van der Waals surface area contributed by atoms with Crippen molar-refractivity contribution in [2.24, 2.45) is 0 Å². The van der Waals surface area contributed by atoms with E-state index in [0.29, 0.717) is 6.04 Å². The fourth-order valence-electron chi connectivity index (χ4n) is 2.60. The van der Waals surface area contributed by atoms with Gasteiger partial charge in [-0.2, -0.15) is 0 Å². The van der Waals surface area contributed by atoms with Gasteiger partial charge in [-0.3, -0.25) is 0 Å². The molecule has 1 aromatic carbocycles. The Morgan fingerprint density at radius 2 is 1.88 bits per heavy atom. The number of hydrogen-bond acceptors (Lipinski definition) is 2. The molecule has 0 aromatic heterocycles. The Bertz CT molecular complexity index is 355. The molecule has 3 heteroatoms. The second-order valence-electron chi connectivity index (χ2n) is 5.09. The maximum absolute atomic E-state index is 10.5. The summed E-state index contributed by atoms with van der Waals surface area (Å²) in [6.07, 6.45) is 4.60. The molecule has 1 aliphatic rings. The molecule has 0 aliphatic heterocycles. The number of hydrogen-bond donors (Lipinski definition) is 2. The molecule has 0 unspecified atom stereocenters. The summed E-state index contributed by atoms with van der Waals surface area (Å²) in [6.45, 7) is 0. The van der Waals surface area contributed by atoms with Crippen LogP contribution in [0.5, 0.6) is 0 Å². The van der Waals surface area contributed by atoms with Crippen LogP contribution >= 0.6 is 11.6 Å². The maximum Gasteiger partial charge on any atom is 0.0689 e. The van der Waals surface area contributed by atoms with E-state index in [1.54, 1.807) is 0 Å². The van der Waals surface area contributed by atoms with E-state index in [0.717, 1.165) is 37.1 Å². The van der Waals surface area contributed by atoms with E-state index in [4.69, 9.17) is 11.6 Å². The Kier molecular flexibility index (Phi) is 4.08. The van der Waals surface area contributed by atoms with Crippen molar-refractivity contribution in [2.75, 3.05) is 7.05 Å². The molecule has 2 N–H and O–H groups in total. The third-order valence-electron chi connectivity index (χ3n) is 3.77. The minimum atomic E-state index is -0.527. The fourth-order valence-corrected chi connectivity index (χ4v) is 2.73. The van der Waals surface area contributed by atoms with Gasteiger partial charge in [0.15, 0.2) is 0 Å². The zero-order chi connectivity index (χ0) is 12.3. The third kappa shape index (κ3) is 3.44. The van der Waals surface area contributed by atoms with Crippen LogP contribution in [0.25, 0.3) is 0 Å². The Morgan fingerprint density at radius 3 is 2.41 bits per heavy atom. The molecule has 0 spiro atoms. The van der Waals surface area contributed by atoms with Gasteiger partial charge in [-0.1, -0.05) is 23.7 Å². The maximum atomic E-state index is 10.5. The van der Waals surface area contributed by atoms with E-state index in [1.807, 2.05) is 31.3 Å². The topological polar surface area (TPSA) is 32.3 Å². The van der Waals surface area contributed by atoms with Crippen LogP contribution in [0.1, 0.15) is 31.2 Å². The largest absolute Gasteiger partial charge is 0.390 e. The molecule has 1 fully saturated rings. The highest BCUT2D eigenvalue weighted by molar-refractivity contribution is 6.30. The van der Waals surface area contributed by atoms with Gasteiger partial charge in [-0.15, -0.1) is 0 Å². The first-order chi connectivity index (χ1) is 8.11. The number of nitrogens with one attached hydrogen (secondary N) is 1. The minimum absolute atomic E-state index is 0.527. The number of rotatable bonds is 3. The van der Waals surface area contributed by atoms with Crippen LogP contribution < -0.4 is 5.32 Å². The van der Waals surface area contributed by atoms with E-state index in [1.165, 1.54) is 5.56 Å². The van der Waals surface area contributed by atoms with Gasteiger partial charge in [-0.05, 0) is 50.4 Å². The number of aliphatic hydroxyl groups is 1. The zero-order valence-electron chi connectivity index (χ0n) is 10.2. The predicted molar refractivity (Wildman–Crippen MR) is 71.4 cm³/mol. The first-order valence-electron chi connectivity index (χ1n) is 6.25. The average Bonchev–Trinajstić information content (AvgIpc) is 2.33. The summed E-state index contributed by atoms with van der Waals surface area (Å²) in [5.41, 5.74) is 0.640. The van der Waals surface area contributed by atoms with Crippen LogP contribution in [-0.4, -0.2) is 23.8 Å².